The van der Waals surface area contributed by atoms with Crippen LogP contribution in [0.1, 0.15) is 24.9 Å². The van der Waals surface area contributed by atoms with E-state index in [1.54, 1.807) is 6.07 Å². The summed E-state index contributed by atoms with van der Waals surface area (Å²) in [6.07, 6.45) is 0.502. The molecule has 0 aliphatic carbocycles. The summed E-state index contributed by atoms with van der Waals surface area (Å²) in [5.41, 5.74) is 0.792. The Morgan fingerprint density at radius 1 is 1.50 bits per heavy atom. The van der Waals surface area contributed by atoms with Crippen LogP contribution in [-0.4, -0.2) is 25.4 Å². The number of hydrogen-bond donors (Lipinski definition) is 2. The fraction of sp³-hybridized carbons (Fsp3) is 0.500. The van der Waals surface area contributed by atoms with Crippen molar-refractivity contribution in [3.8, 4) is 5.75 Å². The van der Waals surface area contributed by atoms with Crippen LogP contribution in [0.5, 0.6) is 5.75 Å². The Kier molecular flexibility index (Phi) is 5.22. The molecule has 0 spiro atoms. The van der Waals surface area contributed by atoms with Gasteiger partial charge < -0.3 is 15.2 Å². The number of benzene rings is 1. The van der Waals surface area contributed by atoms with Gasteiger partial charge in [0, 0.05) is 24.6 Å². The smallest absolute Gasteiger partial charge is 0.165 e. The second-order valence-electron chi connectivity index (χ2n) is 3.59. The van der Waals surface area contributed by atoms with E-state index in [4.69, 9.17) is 9.84 Å². The van der Waals surface area contributed by atoms with E-state index in [2.05, 4.69) is 5.32 Å². The van der Waals surface area contributed by atoms with E-state index in [1.165, 1.54) is 6.07 Å². The molecule has 1 aromatic carbocycles. The summed E-state index contributed by atoms with van der Waals surface area (Å²) < 4.78 is 18.9. The van der Waals surface area contributed by atoms with Gasteiger partial charge in [-0.05, 0) is 20.0 Å². The van der Waals surface area contributed by atoms with E-state index in [9.17, 15) is 4.39 Å². The van der Waals surface area contributed by atoms with Crippen LogP contribution in [0.25, 0.3) is 0 Å². The summed E-state index contributed by atoms with van der Waals surface area (Å²) in [4.78, 5) is 0. The first kappa shape index (κ1) is 12.9. The van der Waals surface area contributed by atoms with E-state index >= 15 is 0 Å². The molecule has 4 heteroatoms. The molecule has 0 bridgehead atoms. The maximum absolute atomic E-state index is 13.6. The van der Waals surface area contributed by atoms with Gasteiger partial charge in [-0.25, -0.2) is 4.39 Å². The topological polar surface area (TPSA) is 41.5 Å². The highest BCUT2D eigenvalue weighted by Crippen LogP contribution is 2.27. The number of para-hydroxylation sites is 1. The van der Waals surface area contributed by atoms with Crippen molar-refractivity contribution in [2.75, 3.05) is 20.3 Å². The number of aliphatic hydroxyl groups excluding tert-OH is 1. The molecule has 2 N–H and O–H groups in total. The molecule has 1 aromatic rings. The zero-order chi connectivity index (χ0) is 12.0. The molecule has 0 radical (unpaired) electrons. The molecule has 0 saturated carbocycles. The third-order valence-electron chi connectivity index (χ3n) is 2.45. The maximum Gasteiger partial charge on any atom is 0.165 e. The molecule has 0 heterocycles. The van der Waals surface area contributed by atoms with Crippen molar-refractivity contribution in [2.45, 2.75) is 19.4 Å². The highest BCUT2D eigenvalue weighted by Gasteiger charge is 2.13. The van der Waals surface area contributed by atoms with E-state index in [0.29, 0.717) is 13.0 Å². The van der Waals surface area contributed by atoms with Crippen LogP contribution in [0, 0.1) is 5.82 Å². The minimum Gasteiger partial charge on any atom is -0.490 e. The number of halogens is 1. The Bertz CT molecular complexity index is 331. The zero-order valence-corrected chi connectivity index (χ0v) is 9.66. The Morgan fingerprint density at radius 3 is 2.88 bits per heavy atom. The van der Waals surface area contributed by atoms with Crippen molar-refractivity contribution in [2.24, 2.45) is 0 Å². The molecule has 3 nitrogen and oxygen atoms in total. The van der Waals surface area contributed by atoms with Gasteiger partial charge in [-0.15, -0.1) is 0 Å². The van der Waals surface area contributed by atoms with Gasteiger partial charge in [0.2, 0.25) is 0 Å². The van der Waals surface area contributed by atoms with Crippen LogP contribution in [0.15, 0.2) is 18.2 Å². The first-order chi connectivity index (χ1) is 7.70. The van der Waals surface area contributed by atoms with Gasteiger partial charge in [0.15, 0.2) is 11.6 Å². The Hall–Kier alpha value is -1.13. The number of nitrogens with one attached hydrogen (secondary N) is 1. The van der Waals surface area contributed by atoms with Crippen LogP contribution in [0.3, 0.4) is 0 Å². The van der Waals surface area contributed by atoms with E-state index in [-0.39, 0.29) is 24.2 Å². The normalized spacial score (nSPS) is 12.5. The minimum atomic E-state index is -0.363. The van der Waals surface area contributed by atoms with Crippen molar-refractivity contribution in [1.82, 2.24) is 5.32 Å². The maximum atomic E-state index is 13.6. The number of hydrogen-bond acceptors (Lipinski definition) is 3. The summed E-state index contributed by atoms with van der Waals surface area (Å²) in [5.74, 6) is -0.0876. The molecule has 1 rings (SSSR count). The zero-order valence-electron chi connectivity index (χ0n) is 9.66. The molecule has 0 amide bonds. The van der Waals surface area contributed by atoms with Gasteiger partial charge in [0.25, 0.3) is 0 Å². The molecule has 0 aliphatic heterocycles. The van der Waals surface area contributed by atoms with Crippen molar-refractivity contribution in [3.63, 3.8) is 0 Å². The molecule has 1 unspecified atom stereocenters. The largest absolute Gasteiger partial charge is 0.490 e. The van der Waals surface area contributed by atoms with Crippen molar-refractivity contribution < 1.29 is 14.2 Å². The Balaban J connectivity index is 2.85. The molecule has 16 heavy (non-hydrogen) atoms. The summed E-state index contributed by atoms with van der Waals surface area (Å²) >= 11 is 0. The first-order valence-electron chi connectivity index (χ1n) is 5.40. The number of ether oxygens (including phenoxy) is 1. The molecule has 0 saturated heterocycles. The second-order valence-corrected chi connectivity index (χ2v) is 3.59. The van der Waals surface area contributed by atoms with E-state index in [1.807, 2.05) is 20.0 Å². The summed E-state index contributed by atoms with van der Waals surface area (Å²) in [6, 6.07) is 4.90. The molecule has 0 aromatic heterocycles. The summed E-state index contributed by atoms with van der Waals surface area (Å²) in [6.45, 7) is 2.31. The minimum absolute atomic E-state index is 0.0276. The third-order valence-corrected chi connectivity index (χ3v) is 2.45. The molecule has 0 aliphatic rings. The lowest BCUT2D eigenvalue weighted by molar-refractivity contribution is 0.226. The number of rotatable bonds is 6. The lowest BCUT2D eigenvalue weighted by Crippen LogP contribution is -2.15. The van der Waals surface area contributed by atoms with Crippen molar-refractivity contribution in [1.29, 1.82) is 0 Å². The van der Waals surface area contributed by atoms with Crippen LogP contribution in [-0.2, 0) is 0 Å². The Labute approximate surface area is 95.2 Å². The Morgan fingerprint density at radius 2 is 2.25 bits per heavy atom. The third kappa shape index (κ3) is 3.18. The first-order valence-corrected chi connectivity index (χ1v) is 5.40. The standard InChI is InChI=1S/C12H18FNO2/c1-9(14-2)10-5-3-6-11(13)12(10)16-8-4-7-15/h3,5-6,9,14-15H,4,7-8H2,1-2H3. The highest BCUT2D eigenvalue weighted by atomic mass is 19.1. The quantitative estimate of drug-likeness (QED) is 0.729. The average Bonchev–Trinajstić information content (AvgIpc) is 2.30. The molecular weight excluding hydrogens is 209 g/mol. The molecule has 1 atom stereocenters. The number of aliphatic hydroxyl groups is 1. The van der Waals surface area contributed by atoms with Gasteiger partial charge in [-0.3, -0.25) is 0 Å². The molecule has 90 valence electrons. The summed E-state index contributed by atoms with van der Waals surface area (Å²) in [5, 5.41) is 11.7. The van der Waals surface area contributed by atoms with Gasteiger partial charge >= 0.3 is 0 Å². The average molecular weight is 227 g/mol. The summed E-state index contributed by atoms with van der Waals surface area (Å²) in [7, 11) is 1.81. The van der Waals surface area contributed by atoms with Crippen molar-refractivity contribution >= 4 is 0 Å². The lowest BCUT2D eigenvalue weighted by atomic mass is 10.1. The highest BCUT2D eigenvalue weighted by molar-refractivity contribution is 5.37. The monoisotopic (exact) mass is 227 g/mol. The fourth-order valence-electron chi connectivity index (χ4n) is 1.41. The predicted molar refractivity (Wildman–Crippen MR) is 61.1 cm³/mol. The van der Waals surface area contributed by atoms with E-state index < -0.39 is 0 Å². The predicted octanol–water partition coefficient (Wildman–Crippen LogP) is 1.87. The fourth-order valence-corrected chi connectivity index (χ4v) is 1.41. The van der Waals surface area contributed by atoms with E-state index in [0.717, 1.165) is 5.56 Å². The van der Waals surface area contributed by atoms with Gasteiger partial charge in [0.05, 0.1) is 6.61 Å². The van der Waals surface area contributed by atoms with Crippen LogP contribution >= 0.6 is 0 Å². The van der Waals surface area contributed by atoms with Gasteiger partial charge in [-0.2, -0.15) is 0 Å². The SMILES string of the molecule is CNC(C)c1cccc(F)c1OCCCO. The van der Waals surface area contributed by atoms with Crippen LogP contribution in [0.2, 0.25) is 0 Å². The van der Waals surface area contributed by atoms with Crippen molar-refractivity contribution in [3.05, 3.63) is 29.6 Å². The molecular formula is C12H18FNO2. The van der Waals surface area contributed by atoms with Gasteiger partial charge in [0.1, 0.15) is 0 Å². The van der Waals surface area contributed by atoms with Crippen LogP contribution < -0.4 is 10.1 Å². The lowest BCUT2D eigenvalue weighted by Gasteiger charge is -2.16. The van der Waals surface area contributed by atoms with Gasteiger partial charge in [-0.1, -0.05) is 12.1 Å². The van der Waals surface area contributed by atoms with Crippen LogP contribution in [0.4, 0.5) is 4.39 Å². The molecule has 0 fully saturated rings. The second kappa shape index (κ2) is 6.45.